The Morgan fingerprint density at radius 3 is 2.45 bits per heavy atom. The second-order valence-electron chi connectivity index (χ2n) is 8.39. The molecule has 2 unspecified atom stereocenters. The lowest BCUT2D eigenvalue weighted by molar-refractivity contribution is 0.0594. The number of carbonyl (C=O) groups excluding carboxylic acids is 1. The molecule has 0 N–H and O–H groups in total. The summed E-state index contributed by atoms with van der Waals surface area (Å²) in [6.07, 6.45) is 4.83. The normalized spacial score (nSPS) is 20.0. The first kappa shape index (κ1) is 19.8. The smallest absolute Gasteiger partial charge is 0.258 e. The highest BCUT2D eigenvalue weighted by molar-refractivity contribution is 6.30. The molecule has 2 atom stereocenters. The zero-order valence-corrected chi connectivity index (χ0v) is 17.8. The van der Waals surface area contributed by atoms with Crippen molar-refractivity contribution < 1.29 is 4.79 Å². The fraction of sp³-hybridized carbons (Fsp3) is 0.231. The van der Waals surface area contributed by atoms with Crippen molar-refractivity contribution in [3.8, 4) is 0 Å². The Morgan fingerprint density at radius 2 is 1.68 bits per heavy atom. The number of nitrogens with zero attached hydrogens (tertiary/aromatic N) is 2. The molecule has 0 spiro atoms. The van der Waals surface area contributed by atoms with Gasteiger partial charge >= 0.3 is 0 Å². The predicted molar refractivity (Wildman–Crippen MR) is 124 cm³/mol. The van der Waals surface area contributed by atoms with Crippen molar-refractivity contribution >= 4 is 29.7 Å². The molecular formula is C26H23ClN2O2. The second-order valence-corrected chi connectivity index (χ2v) is 8.83. The largest absolute Gasteiger partial charge is 0.338 e. The van der Waals surface area contributed by atoms with E-state index in [2.05, 4.69) is 6.07 Å². The van der Waals surface area contributed by atoms with Crippen LogP contribution >= 0.6 is 11.6 Å². The average molecular weight is 431 g/mol. The van der Waals surface area contributed by atoms with Crippen molar-refractivity contribution in [2.24, 2.45) is 5.92 Å². The van der Waals surface area contributed by atoms with Gasteiger partial charge in [-0.25, -0.2) is 0 Å². The van der Waals surface area contributed by atoms with Gasteiger partial charge in [0, 0.05) is 47.4 Å². The van der Waals surface area contributed by atoms with Gasteiger partial charge < -0.3 is 9.47 Å². The van der Waals surface area contributed by atoms with E-state index in [1.54, 1.807) is 0 Å². The highest BCUT2D eigenvalue weighted by Gasteiger charge is 2.36. The van der Waals surface area contributed by atoms with E-state index in [0.717, 1.165) is 23.2 Å². The van der Waals surface area contributed by atoms with Crippen LogP contribution in [0.4, 0.5) is 0 Å². The van der Waals surface area contributed by atoms with Crippen molar-refractivity contribution in [2.75, 3.05) is 13.1 Å². The van der Waals surface area contributed by atoms with E-state index in [-0.39, 0.29) is 17.4 Å². The molecule has 0 radical (unpaired) electrons. The van der Waals surface area contributed by atoms with Crippen molar-refractivity contribution in [3.63, 3.8) is 0 Å². The van der Waals surface area contributed by atoms with Gasteiger partial charge in [-0.1, -0.05) is 48.0 Å². The molecular weight excluding hydrogens is 408 g/mol. The maximum absolute atomic E-state index is 13.2. The van der Waals surface area contributed by atoms with E-state index >= 15 is 0 Å². The van der Waals surface area contributed by atoms with Crippen molar-refractivity contribution in [1.82, 2.24) is 9.47 Å². The molecule has 2 aliphatic rings. The third kappa shape index (κ3) is 3.96. The summed E-state index contributed by atoms with van der Waals surface area (Å²) in [5.41, 5.74) is 3.48. The molecule has 2 bridgehead atoms. The molecule has 1 aromatic heterocycles. The molecule has 156 valence electrons. The number of carbonyl (C=O) groups is 1. The van der Waals surface area contributed by atoms with E-state index < -0.39 is 0 Å². The van der Waals surface area contributed by atoms with Gasteiger partial charge in [-0.05, 0) is 60.4 Å². The number of hydrogen-bond donors (Lipinski definition) is 0. The van der Waals surface area contributed by atoms with E-state index in [9.17, 15) is 9.59 Å². The predicted octanol–water partition coefficient (Wildman–Crippen LogP) is 4.93. The lowest BCUT2D eigenvalue weighted by Crippen LogP contribution is -2.49. The van der Waals surface area contributed by atoms with Crippen LogP contribution in [0.15, 0.2) is 71.5 Å². The second kappa shape index (κ2) is 8.20. The first-order valence-electron chi connectivity index (χ1n) is 10.6. The fourth-order valence-corrected chi connectivity index (χ4v) is 4.90. The van der Waals surface area contributed by atoms with Gasteiger partial charge in [0.1, 0.15) is 0 Å². The molecule has 5 rings (SSSR count). The number of piperidine rings is 1. The Bertz CT molecular complexity index is 1200. The van der Waals surface area contributed by atoms with Crippen LogP contribution in [0.25, 0.3) is 12.2 Å². The maximum Gasteiger partial charge on any atom is 0.258 e. The average Bonchev–Trinajstić information content (AvgIpc) is 2.80. The molecule has 1 fully saturated rings. The van der Waals surface area contributed by atoms with Gasteiger partial charge in [-0.3, -0.25) is 9.59 Å². The number of hydrogen-bond acceptors (Lipinski definition) is 2. The first-order valence-corrected chi connectivity index (χ1v) is 11.0. The summed E-state index contributed by atoms with van der Waals surface area (Å²) in [5.74, 6) is 0.572. The monoisotopic (exact) mass is 430 g/mol. The minimum absolute atomic E-state index is 0.0419. The van der Waals surface area contributed by atoms with Crippen molar-refractivity contribution in [1.29, 1.82) is 0 Å². The van der Waals surface area contributed by atoms with E-state index in [1.165, 1.54) is 0 Å². The van der Waals surface area contributed by atoms with Crippen LogP contribution in [0.5, 0.6) is 0 Å². The van der Waals surface area contributed by atoms with Gasteiger partial charge in [-0.15, -0.1) is 0 Å². The molecule has 0 aliphatic carbocycles. The maximum atomic E-state index is 13.2. The van der Waals surface area contributed by atoms with Crippen LogP contribution in [0.1, 0.15) is 39.5 Å². The summed E-state index contributed by atoms with van der Waals surface area (Å²) >= 11 is 5.94. The minimum Gasteiger partial charge on any atom is -0.338 e. The minimum atomic E-state index is 0.0419. The van der Waals surface area contributed by atoms with Crippen LogP contribution < -0.4 is 5.56 Å². The number of halogens is 1. The third-order valence-corrected chi connectivity index (χ3v) is 6.52. The molecule has 2 aromatic carbocycles. The molecule has 3 aromatic rings. The number of benzene rings is 2. The molecule has 1 amide bonds. The molecule has 1 saturated heterocycles. The summed E-state index contributed by atoms with van der Waals surface area (Å²) < 4.78 is 1.92. The lowest BCUT2D eigenvalue weighted by Gasteiger charge is -2.43. The number of aromatic nitrogens is 1. The fourth-order valence-electron chi connectivity index (χ4n) is 4.78. The Kier molecular flexibility index (Phi) is 5.24. The summed E-state index contributed by atoms with van der Waals surface area (Å²) in [4.78, 5) is 28.1. The van der Waals surface area contributed by atoms with E-state index in [0.29, 0.717) is 36.1 Å². The molecule has 0 saturated carbocycles. The number of fused-ring (bicyclic) bond motifs is 4. The van der Waals surface area contributed by atoms with Crippen LogP contribution in [-0.2, 0) is 6.54 Å². The number of rotatable bonds is 3. The SMILES string of the molecule is O=C(c1ccccc1)N1CC2CC(C1)c1ccc(C=Cc3ccc(Cl)cc3)c(=O)n1C2. The summed E-state index contributed by atoms with van der Waals surface area (Å²) in [6.45, 7) is 2.01. The Balaban J connectivity index is 1.39. The van der Waals surface area contributed by atoms with Crippen molar-refractivity contribution in [2.45, 2.75) is 18.9 Å². The lowest BCUT2D eigenvalue weighted by atomic mass is 9.82. The van der Waals surface area contributed by atoms with Crippen LogP contribution in [0.3, 0.4) is 0 Å². The van der Waals surface area contributed by atoms with Crippen LogP contribution in [-0.4, -0.2) is 28.5 Å². The Hall–Kier alpha value is -3.11. The number of likely N-dealkylation sites (tertiary alicyclic amines) is 1. The van der Waals surface area contributed by atoms with E-state index in [1.807, 2.05) is 82.3 Å². The van der Waals surface area contributed by atoms with Gasteiger partial charge in [0.15, 0.2) is 0 Å². The molecule has 3 heterocycles. The van der Waals surface area contributed by atoms with Gasteiger partial charge in [-0.2, -0.15) is 0 Å². The molecule has 2 aliphatic heterocycles. The Labute approximate surface area is 186 Å². The Morgan fingerprint density at radius 1 is 0.903 bits per heavy atom. The zero-order valence-electron chi connectivity index (χ0n) is 17.1. The zero-order chi connectivity index (χ0) is 21.4. The summed E-state index contributed by atoms with van der Waals surface area (Å²) in [7, 11) is 0. The molecule has 31 heavy (non-hydrogen) atoms. The van der Waals surface area contributed by atoms with E-state index in [4.69, 9.17) is 11.6 Å². The van der Waals surface area contributed by atoms with Crippen LogP contribution in [0, 0.1) is 5.92 Å². The van der Waals surface area contributed by atoms with Gasteiger partial charge in [0.05, 0.1) is 0 Å². The quantitative estimate of drug-likeness (QED) is 0.591. The summed E-state index contributed by atoms with van der Waals surface area (Å²) in [5, 5.41) is 0.692. The standard InChI is InChI=1S/C26H23ClN2O2/c27-23-11-7-18(8-12-23)6-9-21-10-13-24-22-14-19(16-29(24)26(21)31)15-28(17-22)25(30)20-4-2-1-3-5-20/h1-13,19,22H,14-17H2. The molecule has 4 nitrogen and oxygen atoms in total. The topological polar surface area (TPSA) is 42.3 Å². The highest BCUT2D eigenvalue weighted by Crippen LogP contribution is 2.35. The highest BCUT2D eigenvalue weighted by atomic mass is 35.5. The number of amides is 1. The van der Waals surface area contributed by atoms with Gasteiger partial charge in [0.2, 0.25) is 0 Å². The summed E-state index contributed by atoms with van der Waals surface area (Å²) in [6, 6.07) is 20.9. The molecule has 5 heteroatoms. The van der Waals surface area contributed by atoms with Crippen LogP contribution in [0.2, 0.25) is 5.02 Å². The third-order valence-electron chi connectivity index (χ3n) is 6.27. The number of pyridine rings is 1. The van der Waals surface area contributed by atoms with Crippen molar-refractivity contribution in [3.05, 3.63) is 104 Å². The first-order chi connectivity index (χ1) is 15.1. The van der Waals surface area contributed by atoms with Gasteiger partial charge in [0.25, 0.3) is 11.5 Å².